The highest BCUT2D eigenvalue weighted by atomic mass is 32.2. The molecule has 1 aromatic rings. The summed E-state index contributed by atoms with van der Waals surface area (Å²) in [6, 6.07) is 9.57. The van der Waals surface area contributed by atoms with Gasteiger partial charge < -0.3 is 5.32 Å². The summed E-state index contributed by atoms with van der Waals surface area (Å²) in [6.07, 6.45) is 1.27. The van der Waals surface area contributed by atoms with Crippen molar-refractivity contribution in [1.29, 1.82) is 10.5 Å². The molecular formula is C13H13N3O2S. The normalized spacial score (nSPS) is 10.4. The number of nitrogens with one attached hydrogen (secondary N) is 1. The number of hydrogen-bond acceptors (Lipinski definition) is 5. The second kappa shape index (κ2) is 6.03. The average molecular weight is 275 g/mol. The van der Waals surface area contributed by atoms with Crippen LogP contribution in [0.15, 0.2) is 40.9 Å². The van der Waals surface area contributed by atoms with Gasteiger partial charge in [-0.2, -0.15) is 10.5 Å². The third kappa shape index (κ3) is 3.57. The number of nitrogens with zero attached hydrogens (tertiary/aromatic N) is 2. The van der Waals surface area contributed by atoms with Crippen molar-refractivity contribution in [2.75, 3.05) is 5.32 Å². The van der Waals surface area contributed by atoms with Gasteiger partial charge in [-0.25, -0.2) is 8.42 Å². The van der Waals surface area contributed by atoms with E-state index in [9.17, 15) is 8.42 Å². The molecule has 19 heavy (non-hydrogen) atoms. The number of anilines is 1. The first-order valence-electron chi connectivity index (χ1n) is 5.52. The van der Waals surface area contributed by atoms with Gasteiger partial charge in [-0.3, -0.25) is 0 Å². The minimum atomic E-state index is -3.28. The number of allylic oxidation sites excluding steroid dienone is 1. The highest BCUT2D eigenvalue weighted by Crippen LogP contribution is 2.18. The van der Waals surface area contributed by atoms with Crippen LogP contribution >= 0.6 is 0 Å². The third-order valence-corrected chi connectivity index (χ3v) is 4.60. The van der Waals surface area contributed by atoms with E-state index >= 15 is 0 Å². The Bertz CT molecular complexity index is 643. The van der Waals surface area contributed by atoms with E-state index < -0.39 is 15.1 Å². The molecule has 0 aliphatic rings. The Morgan fingerprint density at radius 1 is 1.21 bits per heavy atom. The van der Waals surface area contributed by atoms with Crippen LogP contribution < -0.4 is 5.32 Å². The zero-order valence-electron chi connectivity index (χ0n) is 10.6. The van der Waals surface area contributed by atoms with Crippen molar-refractivity contribution in [2.45, 2.75) is 24.0 Å². The molecule has 6 heteroatoms. The Labute approximate surface area is 112 Å². The summed E-state index contributed by atoms with van der Waals surface area (Å²) in [4.78, 5) is 0.248. The topological polar surface area (TPSA) is 93.8 Å². The van der Waals surface area contributed by atoms with Gasteiger partial charge in [-0.15, -0.1) is 0 Å². The number of rotatable bonds is 4. The van der Waals surface area contributed by atoms with Crippen LogP contribution in [-0.4, -0.2) is 13.7 Å². The maximum absolute atomic E-state index is 11.9. The quantitative estimate of drug-likeness (QED) is 0.850. The lowest BCUT2D eigenvalue weighted by molar-refractivity contribution is 0.587. The monoisotopic (exact) mass is 275 g/mol. The van der Waals surface area contributed by atoms with E-state index in [0.29, 0.717) is 5.69 Å². The van der Waals surface area contributed by atoms with Crippen molar-refractivity contribution in [1.82, 2.24) is 0 Å². The molecule has 0 spiro atoms. The second-order valence-electron chi connectivity index (χ2n) is 4.04. The van der Waals surface area contributed by atoms with Crippen LogP contribution in [0.25, 0.3) is 0 Å². The fourth-order valence-electron chi connectivity index (χ4n) is 1.26. The molecule has 0 aromatic heterocycles. The van der Waals surface area contributed by atoms with Crippen LogP contribution in [0.5, 0.6) is 0 Å². The Kier molecular flexibility index (Phi) is 4.68. The molecule has 0 bridgehead atoms. The van der Waals surface area contributed by atoms with Crippen molar-refractivity contribution < 1.29 is 8.42 Å². The molecule has 98 valence electrons. The van der Waals surface area contributed by atoms with Crippen LogP contribution in [0.2, 0.25) is 0 Å². The average Bonchev–Trinajstić information content (AvgIpc) is 2.40. The molecule has 0 heterocycles. The molecule has 1 N–H and O–H groups in total. The first kappa shape index (κ1) is 14.7. The third-order valence-electron chi connectivity index (χ3n) is 2.43. The van der Waals surface area contributed by atoms with Gasteiger partial charge in [0.05, 0.1) is 10.1 Å². The van der Waals surface area contributed by atoms with Crippen LogP contribution in [0.1, 0.15) is 13.8 Å². The molecule has 1 aromatic carbocycles. The lowest BCUT2D eigenvalue weighted by Crippen LogP contribution is -2.13. The molecule has 0 atom stereocenters. The van der Waals surface area contributed by atoms with E-state index in [2.05, 4.69) is 5.32 Å². The van der Waals surface area contributed by atoms with Gasteiger partial charge >= 0.3 is 0 Å². The fourth-order valence-corrected chi connectivity index (χ4v) is 2.32. The molecule has 0 radical (unpaired) electrons. The molecule has 0 aliphatic heterocycles. The highest BCUT2D eigenvalue weighted by molar-refractivity contribution is 7.92. The van der Waals surface area contributed by atoms with Crippen molar-refractivity contribution in [2.24, 2.45) is 0 Å². The van der Waals surface area contributed by atoms with Crippen molar-refractivity contribution in [3.8, 4) is 12.1 Å². The zero-order chi connectivity index (χ0) is 14.5. The maximum atomic E-state index is 11.9. The first-order valence-corrected chi connectivity index (χ1v) is 7.07. The van der Waals surface area contributed by atoms with Crippen molar-refractivity contribution in [3.63, 3.8) is 0 Å². The first-order chi connectivity index (χ1) is 8.91. The molecule has 0 amide bonds. The van der Waals surface area contributed by atoms with E-state index in [4.69, 9.17) is 10.5 Å². The minimum absolute atomic E-state index is 0.0566. The smallest absolute Gasteiger partial charge is 0.180 e. The summed E-state index contributed by atoms with van der Waals surface area (Å²) in [6.45, 7) is 3.24. The lowest BCUT2D eigenvalue weighted by atomic mass is 10.3. The largest absolute Gasteiger partial charge is 0.360 e. The molecule has 1 rings (SSSR count). The Morgan fingerprint density at radius 3 is 2.16 bits per heavy atom. The Morgan fingerprint density at radius 2 is 1.74 bits per heavy atom. The standard InChI is InChI=1S/C13H13N3O2S/c1-10(2)19(17,18)13-5-3-12(4-6-13)16-9-11(7-14)8-15/h3-6,9-10,16H,1-2H3. The van der Waals surface area contributed by atoms with Crippen molar-refractivity contribution >= 4 is 15.5 Å². The summed E-state index contributed by atoms with van der Waals surface area (Å²) in [5, 5.41) is 19.4. The summed E-state index contributed by atoms with van der Waals surface area (Å²) < 4.78 is 23.8. The lowest BCUT2D eigenvalue weighted by Gasteiger charge is -2.08. The van der Waals surface area contributed by atoms with Crippen LogP contribution in [0, 0.1) is 22.7 Å². The van der Waals surface area contributed by atoms with E-state index in [1.807, 2.05) is 0 Å². The predicted molar refractivity (Wildman–Crippen MR) is 71.7 cm³/mol. The molecule has 0 saturated carbocycles. The van der Waals surface area contributed by atoms with Gasteiger partial charge in [0, 0.05) is 11.9 Å². The molecule has 0 saturated heterocycles. The molecular weight excluding hydrogens is 262 g/mol. The molecule has 0 aliphatic carbocycles. The molecule has 0 fully saturated rings. The minimum Gasteiger partial charge on any atom is -0.360 e. The summed E-state index contributed by atoms with van der Waals surface area (Å²) in [5.41, 5.74) is 0.546. The number of hydrogen-bond donors (Lipinski definition) is 1. The number of benzene rings is 1. The Hall–Kier alpha value is -2.31. The zero-order valence-corrected chi connectivity index (χ0v) is 11.4. The van der Waals surface area contributed by atoms with E-state index in [1.54, 1.807) is 38.1 Å². The van der Waals surface area contributed by atoms with Crippen molar-refractivity contribution in [3.05, 3.63) is 36.0 Å². The summed E-state index contributed by atoms with van der Waals surface area (Å²) in [7, 11) is -3.28. The van der Waals surface area contributed by atoms with Gasteiger partial charge in [0.15, 0.2) is 9.84 Å². The summed E-state index contributed by atoms with van der Waals surface area (Å²) >= 11 is 0. The van der Waals surface area contributed by atoms with Gasteiger partial charge in [-0.05, 0) is 38.1 Å². The van der Waals surface area contributed by atoms with E-state index in [-0.39, 0.29) is 10.5 Å². The second-order valence-corrected chi connectivity index (χ2v) is 6.55. The van der Waals surface area contributed by atoms with Crippen LogP contribution in [-0.2, 0) is 9.84 Å². The van der Waals surface area contributed by atoms with Gasteiger partial charge in [-0.1, -0.05) is 0 Å². The fraction of sp³-hybridized carbons (Fsp3) is 0.231. The Balaban J connectivity index is 2.94. The maximum Gasteiger partial charge on any atom is 0.180 e. The SMILES string of the molecule is CC(C)S(=O)(=O)c1ccc(NC=C(C#N)C#N)cc1. The van der Waals surface area contributed by atoms with E-state index in [0.717, 1.165) is 0 Å². The van der Waals surface area contributed by atoms with Gasteiger partial charge in [0.25, 0.3) is 0 Å². The molecule has 0 unspecified atom stereocenters. The van der Waals surface area contributed by atoms with Gasteiger partial charge in [0.2, 0.25) is 0 Å². The van der Waals surface area contributed by atoms with Crippen LogP contribution in [0.3, 0.4) is 0 Å². The molecule has 5 nitrogen and oxygen atoms in total. The number of sulfone groups is 1. The summed E-state index contributed by atoms with van der Waals surface area (Å²) in [5.74, 6) is 0. The van der Waals surface area contributed by atoms with E-state index in [1.165, 1.54) is 18.3 Å². The van der Waals surface area contributed by atoms with Crippen LogP contribution in [0.4, 0.5) is 5.69 Å². The highest BCUT2D eigenvalue weighted by Gasteiger charge is 2.18. The van der Waals surface area contributed by atoms with Gasteiger partial charge in [0.1, 0.15) is 17.7 Å². The number of nitriles is 2. The predicted octanol–water partition coefficient (Wildman–Crippen LogP) is 2.21.